The molecular formula is C52H33NOS. The summed E-state index contributed by atoms with van der Waals surface area (Å²) >= 11 is 1.85. The van der Waals surface area contributed by atoms with Crippen LogP contribution in [0.3, 0.4) is 0 Å². The Kier molecular flexibility index (Phi) is 7.39. The van der Waals surface area contributed by atoms with Crippen LogP contribution in [0.4, 0.5) is 17.1 Å². The van der Waals surface area contributed by atoms with Gasteiger partial charge in [0, 0.05) is 37.5 Å². The van der Waals surface area contributed by atoms with Crippen LogP contribution in [0, 0.1) is 0 Å². The van der Waals surface area contributed by atoms with Gasteiger partial charge >= 0.3 is 0 Å². The maximum Gasteiger partial charge on any atom is 0.160 e. The summed E-state index contributed by atoms with van der Waals surface area (Å²) < 4.78 is 9.38. The molecule has 0 aliphatic heterocycles. The van der Waals surface area contributed by atoms with Crippen molar-refractivity contribution in [3.05, 3.63) is 200 Å². The van der Waals surface area contributed by atoms with E-state index in [0.717, 1.165) is 50.1 Å². The van der Waals surface area contributed by atoms with E-state index >= 15 is 0 Å². The largest absolute Gasteiger partial charge is 0.454 e. The molecular weight excluding hydrogens is 687 g/mol. The Morgan fingerprint density at radius 1 is 0.400 bits per heavy atom. The Bertz CT molecular complexity index is 3190. The molecule has 0 spiro atoms. The fourth-order valence-electron chi connectivity index (χ4n) is 8.17. The maximum absolute atomic E-state index is 6.87. The standard InChI is InChI=1S/C52H33NOS/c1-2-12-38(13-3-1)42-31-32-45-43-15-6-8-19-48(43)54-51(45)50(42)53(47-18-10-17-46-44-16-7-9-20-49(44)55-52(46)47)41-29-27-36(28-30-41)35-21-23-37(24-22-35)40-26-25-34-11-4-5-14-39(34)33-40/h1-33H. The molecule has 11 aromatic rings. The fraction of sp³-hybridized carbons (Fsp3) is 0. The van der Waals surface area contributed by atoms with E-state index in [1.54, 1.807) is 0 Å². The molecule has 0 atom stereocenters. The van der Waals surface area contributed by atoms with Crippen molar-refractivity contribution >= 4 is 81.3 Å². The van der Waals surface area contributed by atoms with Gasteiger partial charge in [-0.1, -0.05) is 158 Å². The molecule has 0 bridgehead atoms. The maximum atomic E-state index is 6.87. The van der Waals surface area contributed by atoms with E-state index in [9.17, 15) is 0 Å². The lowest BCUT2D eigenvalue weighted by Crippen LogP contribution is -2.12. The summed E-state index contributed by atoms with van der Waals surface area (Å²) in [7, 11) is 0. The quantitative estimate of drug-likeness (QED) is 0.170. The van der Waals surface area contributed by atoms with Crippen molar-refractivity contribution in [2.75, 3.05) is 4.90 Å². The summed E-state index contributed by atoms with van der Waals surface area (Å²) in [4.78, 5) is 2.43. The Hall–Kier alpha value is -6.94. The zero-order chi connectivity index (χ0) is 36.3. The predicted molar refractivity (Wildman–Crippen MR) is 235 cm³/mol. The van der Waals surface area contributed by atoms with Gasteiger partial charge in [-0.15, -0.1) is 11.3 Å². The summed E-state index contributed by atoms with van der Waals surface area (Å²) in [5.74, 6) is 0. The predicted octanol–water partition coefficient (Wildman–Crippen LogP) is 15.6. The smallest absolute Gasteiger partial charge is 0.160 e. The second-order valence-corrected chi connectivity index (χ2v) is 15.1. The highest BCUT2D eigenvalue weighted by atomic mass is 32.1. The first-order valence-corrected chi connectivity index (χ1v) is 19.5. The van der Waals surface area contributed by atoms with Gasteiger partial charge in [0.15, 0.2) is 5.58 Å². The molecule has 2 aromatic heterocycles. The lowest BCUT2D eigenvalue weighted by atomic mass is 9.97. The van der Waals surface area contributed by atoms with E-state index < -0.39 is 0 Å². The number of anilines is 3. The minimum atomic E-state index is 0.869. The third-order valence-corrected chi connectivity index (χ3v) is 12.1. The lowest BCUT2D eigenvalue weighted by Gasteiger charge is -2.28. The number of hydrogen-bond acceptors (Lipinski definition) is 3. The Morgan fingerprint density at radius 3 is 1.85 bits per heavy atom. The Balaban J connectivity index is 1.10. The number of rotatable bonds is 6. The van der Waals surface area contributed by atoms with E-state index in [1.807, 2.05) is 17.4 Å². The number of thiophene rings is 1. The van der Waals surface area contributed by atoms with E-state index in [0.29, 0.717) is 0 Å². The molecule has 2 heterocycles. The van der Waals surface area contributed by atoms with Gasteiger partial charge in [-0.25, -0.2) is 0 Å². The molecule has 2 nitrogen and oxygen atoms in total. The molecule has 0 saturated carbocycles. The van der Waals surface area contributed by atoms with Crippen LogP contribution in [-0.2, 0) is 0 Å². The van der Waals surface area contributed by atoms with Crippen LogP contribution in [0.1, 0.15) is 0 Å². The molecule has 55 heavy (non-hydrogen) atoms. The lowest BCUT2D eigenvalue weighted by molar-refractivity contribution is 0.669. The van der Waals surface area contributed by atoms with Crippen molar-refractivity contribution in [2.45, 2.75) is 0 Å². The van der Waals surface area contributed by atoms with Crippen molar-refractivity contribution < 1.29 is 4.42 Å². The van der Waals surface area contributed by atoms with Crippen LogP contribution in [0.5, 0.6) is 0 Å². The van der Waals surface area contributed by atoms with Crippen LogP contribution in [0.15, 0.2) is 205 Å². The van der Waals surface area contributed by atoms with Crippen LogP contribution in [0.2, 0.25) is 0 Å². The van der Waals surface area contributed by atoms with Gasteiger partial charge in [0.2, 0.25) is 0 Å². The first-order chi connectivity index (χ1) is 27.3. The zero-order valence-corrected chi connectivity index (χ0v) is 30.6. The number of nitrogens with zero attached hydrogens (tertiary/aromatic N) is 1. The molecule has 0 fully saturated rings. The molecule has 258 valence electrons. The second kappa shape index (κ2) is 12.9. The number of fused-ring (bicyclic) bond motifs is 7. The Labute approximate surface area is 322 Å². The molecule has 0 unspecified atom stereocenters. The summed E-state index contributed by atoms with van der Waals surface area (Å²) in [5, 5.41) is 7.25. The third kappa shape index (κ3) is 5.32. The number of hydrogen-bond donors (Lipinski definition) is 0. The number of para-hydroxylation sites is 1. The van der Waals surface area contributed by atoms with Gasteiger partial charge < -0.3 is 9.32 Å². The van der Waals surface area contributed by atoms with Crippen molar-refractivity contribution in [3.8, 4) is 33.4 Å². The molecule has 11 rings (SSSR count). The summed E-state index contributed by atoms with van der Waals surface area (Å²) in [6, 6.07) is 72.1. The van der Waals surface area contributed by atoms with E-state index in [2.05, 4.69) is 199 Å². The van der Waals surface area contributed by atoms with Crippen molar-refractivity contribution in [1.29, 1.82) is 0 Å². The highest BCUT2D eigenvalue weighted by Gasteiger charge is 2.26. The van der Waals surface area contributed by atoms with Crippen molar-refractivity contribution in [3.63, 3.8) is 0 Å². The summed E-state index contributed by atoms with van der Waals surface area (Å²) in [5.41, 5.74) is 12.0. The minimum Gasteiger partial charge on any atom is -0.454 e. The second-order valence-electron chi connectivity index (χ2n) is 14.1. The molecule has 3 heteroatoms. The first-order valence-electron chi connectivity index (χ1n) is 18.7. The molecule has 0 amide bonds. The highest BCUT2D eigenvalue weighted by Crippen LogP contribution is 2.51. The van der Waals surface area contributed by atoms with Gasteiger partial charge in [-0.05, 0) is 81.1 Å². The van der Waals surface area contributed by atoms with Gasteiger partial charge in [0.05, 0.1) is 16.1 Å². The highest BCUT2D eigenvalue weighted by molar-refractivity contribution is 7.26. The molecule has 0 radical (unpaired) electrons. The third-order valence-electron chi connectivity index (χ3n) is 10.9. The van der Waals surface area contributed by atoms with Crippen LogP contribution >= 0.6 is 11.3 Å². The van der Waals surface area contributed by atoms with E-state index in [-0.39, 0.29) is 0 Å². The summed E-state index contributed by atoms with van der Waals surface area (Å²) in [6.07, 6.45) is 0. The molecule has 0 N–H and O–H groups in total. The van der Waals surface area contributed by atoms with Gasteiger partial charge in [0.25, 0.3) is 0 Å². The van der Waals surface area contributed by atoms with Crippen LogP contribution in [-0.4, -0.2) is 0 Å². The first kappa shape index (κ1) is 31.6. The number of furan rings is 1. The van der Waals surface area contributed by atoms with Crippen LogP contribution in [0.25, 0.3) is 86.3 Å². The molecule has 0 saturated heterocycles. The Morgan fingerprint density at radius 2 is 1.04 bits per heavy atom. The van der Waals surface area contributed by atoms with E-state index in [4.69, 9.17) is 4.42 Å². The molecule has 0 aliphatic carbocycles. The average molecular weight is 720 g/mol. The molecule has 9 aromatic carbocycles. The van der Waals surface area contributed by atoms with E-state index in [1.165, 1.54) is 53.2 Å². The SMILES string of the molecule is c1ccc(-c2ccc3c(oc4ccccc43)c2N(c2ccc(-c3ccc(-c4ccc5ccccc5c4)cc3)cc2)c2cccc3c2sc2ccccc23)cc1. The zero-order valence-electron chi connectivity index (χ0n) is 29.8. The van der Waals surface area contributed by atoms with Crippen LogP contribution < -0.4 is 4.90 Å². The van der Waals surface area contributed by atoms with Gasteiger partial charge in [-0.3, -0.25) is 0 Å². The van der Waals surface area contributed by atoms with Gasteiger partial charge in [-0.2, -0.15) is 0 Å². The molecule has 0 aliphatic rings. The average Bonchev–Trinajstić information content (AvgIpc) is 3.84. The topological polar surface area (TPSA) is 16.4 Å². The van der Waals surface area contributed by atoms with Crippen molar-refractivity contribution in [2.24, 2.45) is 0 Å². The number of benzene rings is 9. The summed E-state index contributed by atoms with van der Waals surface area (Å²) in [6.45, 7) is 0. The monoisotopic (exact) mass is 719 g/mol. The van der Waals surface area contributed by atoms with Gasteiger partial charge in [0.1, 0.15) is 5.58 Å². The van der Waals surface area contributed by atoms with Crippen molar-refractivity contribution in [1.82, 2.24) is 0 Å². The fourth-order valence-corrected chi connectivity index (χ4v) is 9.38. The minimum absolute atomic E-state index is 0.869. The normalized spacial score (nSPS) is 11.6.